The minimum absolute atomic E-state index is 0.0253. The first-order valence-electron chi connectivity index (χ1n) is 8.80. The molecule has 1 fully saturated rings. The zero-order valence-electron chi connectivity index (χ0n) is 15.6. The Balaban J connectivity index is 1.99. The molecule has 0 radical (unpaired) electrons. The highest BCUT2D eigenvalue weighted by molar-refractivity contribution is 7.89. The fraction of sp³-hybridized carbons (Fsp3) is 0.556. The molecule has 0 spiro atoms. The molecule has 1 saturated heterocycles. The molecule has 2 rings (SSSR count). The number of ether oxygens (including phenoxy) is 1. The van der Waals surface area contributed by atoms with Crippen LogP contribution < -0.4 is 5.32 Å². The second kappa shape index (κ2) is 8.79. The van der Waals surface area contributed by atoms with Gasteiger partial charge in [-0.3, -0.25) is 4.79 Å². The number of benzene rings is 1. The first kappa shape index (κ1) is 21.3. The minimum Gasteiger partial charge on any atom is -0.467 e. The number of piperidine rings is 1. The van der Waals surface area contributed by atoms with Crippen molar-refractivity contribution < 1.29 is 27.1 Å². The van der Waals surface area contributed by atoms with Gasteiger partial charge in [-0.2, -0.15) is 4.31 Å². The van der Waals surface area contributed by atoms with Crippen LogP contribution in [-0.2, 0) is 24.3 Å². The van der Waals surface area contributed by atoms with E-state index in [9.17, 15) is 22.4 Å². The first-order chi connectivity index (χ1) is 12.7. The monoisotopic (exact) mass is 400 g/mol. The van der Waals surface area contributed by atoms with Gasteiger partial charge in [-0.15, -0.1) is 0 Å². The summed E-state index contributed by atoms with van der Waals surface area (Å²) in [5, 5.41) is 2.71. The van der Waals surface area contributed by atoms with E-state index in [0.717, 1.165) is 12.1 Å². The van der Waals surface area contributed by atoms with E-state index in [1.54, 1.807) is 13.8 Å². The van der Waals surface area contributed by atoms with Crippen molar-refractivity contribution in [2.75, 3.05) is 20.2 Å². The van der Waals surface area contributed by atoms with Crippen LogP contribution in [0.4, 0.5) is 4.39 Å². The van der Waals surface area contributed by atoms with Crippen molar-refractivity contribution in [1.82, 2.24) is 9.62 Å². The third-order valence-corrected chi connectivity index (χ3v) is 6.61. The summed E-state index contributed by atoms with van der Waals surface area (Å²) in [7, 11) is -2.45. The summed E-state index contributed by atoms with van der Waals surface area (Å²) in [6.45, 7) is 3.98. The molecule has 0 saturated carbocycles. The molecule has 1 aliphatic rings. The van der Waals surface area contributed by atoms with Crippen LogP contribution in [0.1, 0.15) is 26.7 Å². The van der Waals surface area contributed by atoms with Gasteiger partial charge in [0.1, 0.15) is 11.9 Å². The van der Waals surface area contributed by atoms with Crippen molar-refractivity contribution >= 4 is 21.9 Å². The molecule has 9 heteroatoms. The molecule has 1 atom stereocenters. The summed E-state index contributed by atoms with van der Waals surface area (Å²) in [6, 6.07) is 3.93. The third-order valence-electron chi connectivity index (χ3n) is 4.70. The van der Waals surface area contributed by atoms with Crippen LogP contribution in [0, 0.1) is 17.7 Å². The second-order valence-electron chi connectivity index (χ2n) is 6.89. The van der Waals surface area contributed by atoms with Gasteiger partial charge in [0.15, 0.2) is 0 Å². The number of halogens is 1. The van der Waals surface area contributed by atoms with E-state index in [-0.39, 0.29) is 35.7 Å². The molecule has 7 nitrogen and oxygen atoms in total. The Kier molecular flexibility index (Phi) is 6.94. The number of nitrogens with one attached hydrogen (secondary N) is 1. The maximum Gasteiger partial charge on any atom is 0.328 e. The van der Waals surface area contributed by atoms with Gasteiger partial charge in [-0.05, 0) is 43.0 Å². The van der Waals surface area contributed by atoms with Crippen LogP contribution in [0.5, 0.6) is 0 Å². The summed E-state index contributed by atoms with van der Waals surface area (Å²) >= 11 is 0. The molecule has 1 aromatic carbocycles. The largest absolute Gasteiger partial charge is 0.467 e. The van der Waals surface area contributed by atoms with Crippen molar-refractivity contribution in [3.05, 3.63) is 30.1 Å². The number of methoxy groups -OCH3 is 1. The zero-order valence-corrected chi connectivity index (χ0v) is 16.5. The molecule has 27 heavy (non-hydrogen) atoms. The zero-order chi connectivity index (χ0) is 20.2. The summed E-state index contributed by atoms with van der Waals surface area (Å²) in [4.78, 5) is 24.3. The molecule has 1 amide bonds. The van der Waals surface area contributed by atoms with E-state index in [4.69, 9.17) is 4.74 Å². The number of rotatable bonds is 6. The van der Waals surface area contributed by atoms with Crippen LogP contribution in [0.3, 0.4) is 0 Å². The second-order valence-corrected chi connectivity index (χ2v) is 8.82. The molecule has 1 aromatic rings. The lowest BCUT2D eigenvalue weighted by Gasteiger charge is -2.31. The van der Waals surface area contributed by atoms with Gasteiger partial charge < -0.3 is 10.1 Å². The minimum atomic E-state index is -3.72. The number of hydrogen-bond donors (Lipinski definition) is 1. The molecule has 0 bridgehead atoms. The fourth-order valence-corrected chi connectivity index (χ4v) is 4.48. The maximum atomic E-state index is 13.0. The lowest BCUT2D eigenvalue weighted by molar-refractivity contribution is -0.147. The van der Waals surface area contributed by atoms with Crippen molar-refractivity contribution in [3.63, 3.8) is 0 Å². The highest BCUT2D eigenvalue weighted by atomic mass is 32.2. The molecular weight excluding hydrogens is 375 g/mol. The smallest absolute Gasteiger partial charge is 0.328 e. The average molecular weight is 400 g/mol. The van der Waals surface area contributed by atoms with Gasteiger partial charge in [0.05, 0.1) is 12.0 Å². The summed E-state index contributed by atoms with van der Waals surface area (Å²) in [6.07, 6.45) is 0.691. The van der Waals surface area contributed by atoms with E-state index in [2.05, 4.69) is 5.32 Å². The number of sulfonamides is 1. The highest BCUT2D eigenvalue weighted by Crippen LogP contribution is 2.24. The SMILES string of the molecule is COC(=O)C(NC(=O)C1CCN(S(=O)(=O)c2ccc(F)cc2)CC1)C(C)C. The molecule has 0 aromatic heterocycles. The topological polar surface area (TPSA) is 92.8 Å². The van der Waals surface area contributed by atoms with Gasteiger partial charge >= 0.3 is 5.97 Å². The van der Waals surface area contributed by atoms with Crippen molar-refractivity contribution in [3.8, 4) is 0 Å². The fourth-order valence-electron chi connectivity index (χ4n) is 3.01. The first-order valence-corrected chi connectivity index (χ1v) is 10.2. The van der Waals surface area contributed by atoms with E-state index in [0.29, 0.717) is 12.8 Å². The van der Waals surface area contributed by atoms with Gasteiger partial charge in [-0.25, -0.2) is 17.6 Å². The normalized spacial score (nSPS) is 17.5. The van der Waals surface area contributed by atoms with Crippen LogP contribution in [0.25, 0.3) is 0 Å². The average Bonchev–Trinajstić information content (AvgIpc) is 2.65. The molecule has 1 heterocycles. The summed E-state index contributed by atoms with van der Waals surface area (Å²) in [5.74, 6) is -1.79. The Hall–Kier alpha value is -2.00. The Labute approximate surface area is 158 Å². The van der Waals surface area contributed by atoms with E-state index < -0.39 is 27.9 Å². The van der Waals surface area contributed by atoms with E-state index in [1.807, 2.05) is 0 Å². The maximum absolute atomic E-state index is 13.0. The van der Waals surface area contributed by atoms with Crippen LogP contribution in [0.15, 0.2) is 29.2 Å². The Morgan fingerprint density at radius 1 is 1.19 bits per heavy atom. The summed E-state index contributed by atoms with van der Waals surface area (Å²) < 4.78 is 44.2. The number of carbonyl (C=O) groups excluding carboxylic acids is 2. The van der Waals surface area contributed by atoms with Crippen LogP contribution in [-0.4, -0.2) is 50.8 Å². The lowest BCUT2D eigenvalue weighted by Crippen LogP contribution is -2.49. The van der Waals surface area contributed by atoms with Crippen LogP contribution in [0.2, 0.25) is 0 Å². The molecule has 0 aliphatic carbocycles. The Bertz CT molecular complexity index is 771. The van der Waals surface area contributed by atoms with E-state index >= 15 is 0 Å². The highest BCUT2D eigenvalue weighted by Gasteiger charge is 2.34. The predicted molar refractivity (Wildman–Crippen MR) is 96.7 cm³/mol. The van der Waals surface area contributed by atoms with Gasteiger partial charge in [0.2, 0.25) is 15.9 Å². The molecule has 1 aliphatic heterocycles. The Morgan fingerprint density at radius 3 is 2.22 bits per heavy atom. The number of nitrogens with zero attached hydrogens (tertiary/aromatic N) is 1. The van der Waals surface area contributed by atoms with Crippen molar-refractivity contribution in [1.29, 1.82) is 0 Å². The van der Waals surface area contributed by atoms with Crippen molar-refractivity contribution in [2.24, 2.45) is 11.8 Å². The van der Waals surface area contributed by atoms with Gasteiger partial charge in [0.25, 0.3) is 0 Å². The number of esters is 1. The molecule has 1 unspecified atom stereocenters. The standard InChI is InChI=1S/C18H25FN2O5S/c1-12(2)16(18(23)26-3)20-17(22)13-8-10-21(11-9-13)27(24,25)15-6-4-14(19)5-7-15/h4-7,12-13,16H,8-11H2,1-3H3,(H,20,22). The molecule has 150 valence electrons. The lowest BCUT2D eigenvalue weighted by atomic mass is 9.95. The number of carbonyl (C=O) groups is 2. The van der Waals surface area contributed by atoms with Crippen molar-refractivity contribution in [2.45, 2.75) is 37.6 Å². The van der Waals surface area contributed by atoms with Gasteiger partial charge in [0, 0.05) is 19.0 Å². The predicted octanol–water partition coefficient (Wildman–Crippen LogP) is 1.54. The Morgan fingerprint density at radius 2 is 1.74 bits per heavy atom. The molecule has 1 N–H and O–H groups in total. The molecular formula is C18H25FN2O5S. The number of hydrogen-bond acceptors (Lipinski definition) is 5. The van der Waals surface area contributed by atoms with Gasteiger partial charge in [-0.1, -0.05) is 13.8 Å². The quantitative estimate of drug-likeness (QED) is 0.731. The summed E-state index contributed by atoms with van der Waals surface area (Å²) in [5.41, 5.74) is 0. The van der Waals surface area contributed by atoms with Crippen LogP contribution >= 0.6 is 0 Å². The number of amides is 1. The van der Waals surface area contributed by atoms with E-state index in [1.165, 1.54) is 23.5 Å². The third kappa shape index (κ3) is 5.04.